The lowest BCUT2D eigenvalue weighted by Crippen LogP contribution is -1.99. The highest BCUT2D eigenvalue weighted by atomic mass is 16.3. The van der Waals surface area contributed by atoms with Crippen molar-refractivity contribution in [1.29, 1.82) is 0 Å². The van der Waals surface area contributed by atoms with Crippen LogP contribution in [0.5, 0.6) is 5.75 Å². The summed E-state index contributed by atoms with van der Waals surface area (Å²) in [5, 5.41) is 9.50. The summed E-state index contributed by atoms with van der Waals surface area (Å²) in [5.41, 5.74) is 0.451. The minimum atomic E-state index is 0.0434. The maximum atomic E-state index is 11.8. The molecule has 1 aromatic rings. The van der Waals surface area contributed by atoms with E-state index in [4.69, 9.17) is 0 Å². The zero-order chi connectivity index (χ0) is 12.0. The molecule has 1 N–H and O–H groups in total. The second-order valence-corrected chi connectivity index (χ2v) is 4.58. The van der Waals surface area contributed by atoms with Crippen molar-refractivity contribution < 1.29 is 9.90 Å². The van der Waals surface area contributed by atoms with Gasteiger partial charge in [0.25, 0.3) is 0 Å². The number of benzene rings is 1. The lowest BCUT2D eigenvalue weighted by Gasteiger charge is -2.05. The van der Waals surface area contributed by atoms with Crippen LogP contribution in [0.4, 0.5) is 0 Å². The summed E-state index contributed by atoms with van der Waals surface area (Å²) in [5.74, 6) is 0.832. The zero-order valence-electron chi connectivity index (χ0n) is 10.1. The van der Waals surface area contributed by atoms with Crippen LogP contribution in [-0.2, 0) is 0 Å². The van der Waals surface area contributed by atoms with Crippen LogP contribution < -0.4 is 0 Å². The van der Waals surface area contributed by atoms with E-state index >= 15 is 0 Å². The van der Waals surface area contributed by atoms with Crippen molar-refractivity contribution in [2.24, 2.45) is 5.92 Å². The number of phenolic OH excluding ortho intramolecular Hbond substituents is 1. The van der Waals surface area contributed by atoms with Crippen molar-refractivity contribution in [1.82, 2.24) is 0 Å². The monoisotopic (exact) mass is 220 g/mol. The van der Waals surface area contributed by atoms with Gasteiger partial charge in [0.15, 0.2) is 5.78 Å². The molecule has 0 aliphatic rings. The first-order chi connectivity index (χ1) is 7.61. The Kier molecular flexibility index (Phi) is 5.03. The van der Waals surface area contributed by atoms with E-state index in [-0.39, 0.29) is 11.5 Å². The molecule has 2 nitrogen and oxygen atoms in total. The smallest absolute Gasteiger partial charge is 0.166 e. The topological polar surface area (TPSA) is 37.3 Å². The lowest BCUT2D eigenvalue weighted by molar-refractivity contribution is 0.0976. The summed E-state index contributed by atoms with van der Waals surface area (Å²) in [7, 11) is 0. The van der Waals surface area contributed by atoms with Crippen LogP contribution in [0.15, 0.2) is 24.3 Å². The van der Waals surface area contributed by atoms with Crippen LogP contribution in [0.25, 0.3) is 0 Å². The maximum absolute atomic E-state index is 11.8. The molecule has 0 heterocycles. The molecular weight excluding hydrogens is 200 g/mol. The molecule has 0 unspecified atom stereocenters. The molecule has 0 saturated carbocycles. The first kappa shape index (κ1) is 12.8. The van der Waals surface area contributed by atoms with Crippen LogP contribution in [0.1, 0.15) is 49.9 Å². The summed E-state index contributed by atoms with van der Waals surface area (Å²) in [6.07, 6.45) is 3.68. The Hall–Kier alpha value is -1.31. The molecule has 0 fully saturated rings. The number of unbranched alkanes of at least 4 members (excludes halogenated alkanes) is 1. The first-order valence-electron chi connectivity index (χ1n) is 5.92. The molecule has 0 radical (unpaired) electrons. The highest BCUT2D eigenvalue weighted by molar-refractivity contribution is 5.98. The van der Waals surface area contributed by atoms with Gasteiger partial charge in [0, 0.05) is 6.42 Å². The van der Waals surface area contributed by atoms with Crippen LogP contribution in [0.2, 0.25) is 0 Å². The third-order valence-corrected chi connectivity index (χ3v) is 2.64. The molecule has 0 bridgehead atoms. The standard InChI is InChI=1S/C14H20O2/c1-11(2)7-3-5-9-13(15)12-8-4-6-10-14(12)16/h4,6,8,10-11,16H,3,5,7,9H2,1-2H3. The van der Waals surface area contributed by atoms with E-state index in [0.717, 1.165) is 19.3 Å². The summed E-state index contributed by atoms with van der Waals surface area (Å²) < 4.78 is 0. The number of rotatable bonds is 6. The molecule has 0 aliphatic heterocycles. The molecule has 1 aromatic carbocycles. The second-order valence-electron chi connectivity index (χ2n) is 4.58. The Balaban J connectivity index is 2.39. The first-order valence-corrected chi connectivity index (χ1v) is 5.92. The molecule has 16 heavy (non-hydrogen) atoms. The zero-order valence-corrected chi connectivity index (χ0v) is 10.1. The highest BCUT2D eigenvalue weighted by Crippen LogP contribution is 2.19. The summed E-state index contributed by atoms with van der Waals surface area (Å²) in [4.78, 5) is 11.8. The van der Waals surface area contributed by atoms with Crippen LogP contribution >= 0.6 is 0 Å². The van der Waals surface area contributed by atoms with Gasteiger partial charge in [0.2, 0.25) is 0 Å². The number of carbonyl (C=O) groups excluding carboxylic acids is 1. The summed E-state index contributed by atoms with van der Waals surface area (Å²) in [6, 6.07) is 6.74. The fourth-order valence-corrected chi connectivity index (χ4v) is 1.68. The fraction of sp³-hybridized carbons (Fsp3) is 0.500. The number of para-hydroxylation sites is 1. The second kappa shape index (κ2) is 6.31. The molecule has 2 heteroatoms. The van der Waals surface area contributed by atoms with Gasteiger partial charge >= 0.3 is 0 Å². The molecule has 0 aromatic heterocycles. The Morgan fingerprint density at radius 1 is 1.25 bits per heavy atom. The largest absolute Gasteiger partial charge is 0.507 e. The van der Waals surface area contributed by atoms with E-state index in [1.807, 2.05) is 0 Å². The lowest BCUT2D eigenvalue weighted by atomic mass is 10.0. The third kappa shape index (κ3) is 4.05. The summed E-state index contributed by atoms with van der Waals surface area (Å²) >= 11 is 0. The van der Waals surface area contributed by atoms with Gasteiger partial charge in [-0.25, -0.2) is 0 Å². The van der Waals surface area contributed by atoms with Gasteiger partial charge < -0.3 is 5.11 Å². The van der Waals surface area contributed by atoms with E-state index in [2.05, 4.69) is 13.8 Å². The van der Waals surface area contributed by atoms with E-state index < -0.39 is 0 Å². The molecule has 0 amide bonds. The Morgan fingerprint density at radius 3 is 2.56 bits per heavy atom. The van der Waals surface area contributed by atoms with Gasteiger partial charge in [-0.2, -0.15) is 0 Å². The minimum Gasteiger partial charge on any atom is -0.507 e. The number of aromatic hydroxyl groups is 1. The average molecular weight is 220 g/mol. The SMILES string of the molecule is CC(C)CCCCC(=O)c1ccccc1O. The number of phenols is 1. The Bertz CT molecular complexity index is 342. The van der Waals surface area contributed by atoms with Crippen molar-refractivity contribution in [2.75, 3.05) is 0 Å². The van der Waals surface area contributed by atoms with Gasteiger partial charge in [-0.05, 0) is 24.5 Å². The Morgan fingerprint density at radius 2 is 1.94 bits per heavy atom. The van der Waals surface area contributed by atoms with E-state index in [1.54, 1.807) is 24.3 Å². The average Bonchev–Trinajstić information content (AvgIpc) is 2.24. The molecule has 1 rings (SSSR count). The summed E-state index contributed by atoms with van der Waals surface area (Å²) in [6.45, 7) is 4.37. The number of hydrogen-bond acceptors (Lipinski definition) is 2. The molecule has 0 spiro atoms. The predicted molar refractivity (Wildman–Crippen MR) is 65.7 cm³/mol. The highest BCUT2D eigenvalue weighted by Gasteiger charge is 2.09. The number of hydrogen-bond donors (Lipinski definition) is 1. The van der Waals surface area contributed by atoms with Crippen molar-refractivity contribution >= 4 is 5.78 Å². The van der Waals surface area contributed by atoms with Crippen molar-refractivity contribution in [3.8, 4) is 5.75 Å². The molecule has 0 aliphatic carbocycles. The van der Waals surface area contributed by atoms with Crippen LogP contribution in [-0.4, -0.2) is 10.9 Å². The third-order valence-electron chi connectivity index (χ3n) is 2.64. The molecule has 0 atom stereocenters. The maximum Gasteiger partial charge on any atom is 0.166 e. The molecule has 88 valence electrons. The van der Waals surface area contributed by atoms with Crippen molar-refractivity contribution in [3.05, 3.63) is 29.8 Å². The van der Waals surface area contributed by atoms with Gasteiger partial charge in [0.1, 0.15) is 5.75 Å². The van der Waals surface area contributed by atoms with Crippen LogP contribution in [0, 0.1) is 5.92 Å². The van der Waals surface area contributed by atoms with Crippen molar-refractivity contribution in [2.45, 2.75) is 39.5 Å². The normalized spacial score (nSPS) is 10.7. The minimum absolute atomic E-state index is 0.0434. The van der Waals surface area contributed by atoms with Crippen LogP contribution in [0.3, 0.4) is 0 Å². The van der Waals surface area contributed by atoms with Gasteiger partial charge in [-0.1, -0.05) is 38.8 Å². The molecular formula is C14H20O2. The van der Waals surface area contributed by atoms with E-state index in [9.17, 15) is 9.90 Å². The Labute approximate surface area is 97.3 Å². The number of ketones is 1. The van der Waals surface area contributed by atoms with Crippen molar-refractivity contribution in [3.63, 3.8) is 0 Å². The van der Waals surface area contributed by atoms with E-state index in [1.165, 1.54) is 0 Å². The van der Waals surface area contributed by atoms with Gasteiger partial charge in [0.05, 0.1) is 5.56 Å². The van der Waals surface area contributed by atoms with E-state index in [0.29, 0.717) is 17.9 Å². The number of Topliss-reactive ketones (excluding diaryl/α,β-unsaturated/α-hetero) is 1. The molecule has 0 saturated heterocycles. The van der Waals surface area contributed by atoms with Gasteiger partial charge in [-0.3, -0.25) is 4.79 Å². The quantitative estimate of drug-likeness (QED) is 0.585. The number of carbonyl (C=O) groups is 1. The fourth-order valence-electron chi connectivity index (χ4n) is 1.68. The predicted octanol–water partition coefficient (Wildman–Crippen LogP) is 3.79. The van der Waals surface area contributed by atoms with Gasteiger partial charge in [-0.15, -0.1) is 0 Å².